The van der Waals surface area contributed by atoms with Crippen LogP contribution in [0.25, 0.3) is 11.2 Å². The molecule has 0 aliphatic heterocycles. The Labute approximate surface area is 212 Å². The van der Waals surface area contributed by atoms with Gasteiger partial charge in [-0.2, -0.15) is 9.97 Å². The minimum atomic E-state index is -0.372. The first-order chi connectivity index (χ1) is 17.6. The summed E-state index contributed by atoms with van der Waals surface area (Å²) >= 11 is 4.47. The molecule has 3 rings (SSSR count). The maximum absolute atomic E-state index is 12.5. The molecule has 0 aromatic carbocycles. The topological polar surface area (TPSA) is 170 Å². The highest BCUT2D eigenvalue weighted by Gasteiger charge is 2.16. The number of nitrogens with zero attached hydrogens (tertiary/aromatic N) is 7. The molecule has 0 saturated heterocycles. The lowest BCUT2D eigenvalue weighted by atomic mass is 10.4. The molecule has 0 atom stereocenters. The molecule has 0 amide bonds. The standard InChI is InChI=1S/C21H31N9O5S/c1-2-3-6-35-20-25-18(22)17-19(26-20)30(21(31)24-17)14-16-13-29(28-27-16)5-8-33-10-12-34-11-9-32-7-4-23-15-36/h13H,2-12,14H2,1H3,(H,24,31)(H2,22,25,26). The highest BCUT2D eigenvalue weighted by Crippen LogP contribution is 2.18. The molecule has 3 heterocycles. The number of H-pyrrole nitrogens is 1. The first-order valence-electron chi connectivity index (χ1n) is 11.7. The van der Waals surface area contributed by atoms with Gasteiger partial charge >= 0.3 is 11.7 Å². The van der Waals surface area contributed by atoms with Crippen LogP contribution in [0.4, 0.5) is 5.82 Å². The summed E-state index contributed by atoms with van der Waals surface area (Å²) in [6.07, 6.45) is 3.59. The van der Waals surface area contributed by atoms with Crippen LogP contribution >= 0.6 is 12.2 Å². The Hall–Kier alpha value is -3.23. The Bertz CT molecular complexity index is 1190. The third kappa shape index (κ3) is 8.46. The van der Waals surface area contributed by atoms with Gasteiger partial charge in [0.1, 0.15) is 11.2 Å². The summed E-state index contributed by atoms with van der Waals surface area (Å²) in [7, 11) is 0. The normalized spacial score (nSPS) is 11.1. The van der Waals surface area contributed by atoms with Crippen LogP contribution in [0.5, 0.6) is 6.01 Å². The van der Waals surface area contributed by atoms with Crippen LogP contribution in [0.3, 0.4) is 0 Å². The van der Waals surface area contributed by atoms with Crippen molar-refractivity contribution < 1.29 is 18.9 Å². The fraction of sp³-hybridized carbons (Fsp3) is 0.619. The van der Waals surface area contributed by atoms with E-state index >= 15 is 0 Å². The van der Waals surface area contributed by atoms with Crippen molar-refractivity contribution in [1.82, 2.24) is 34.5 Å². The third-order valence-electron chi connectivity index (χ3n) is 4.89. The minimum absolute atomic E-state index is 0.135. The molecular weight excluding hydrogens is 490 g/mol. The molecule has 0 spiro atoms. The number of nitrogen functional groups attached to an aromatic ring is 1. The number of rotatable bonds is 18. The van der Waals surface area contributed by atoms with Crippen molar-refractivity contribution in [1.29, 1.82) is 0 Å². The maximum Gasteiger partial charge on any atom is 0.328 e. The van der Waals surface area contributed by atoms with Gasteiger partial charge in [-0.05, 0) is 18.6 Å². The van der Waals surface area contributed by atoms with E-state index in [9.17, 15) is 4.79 Å². The van der Waals surface area contributed by atoms with Gasteiger partial charge in [0.05, 0.1) is 77.2 Å². The summed E-state index contributed by atoms with van der Waals surface area (Å²) in [6.45, 7) is 6.51. The summed E-state index contributed by atoms with van der Waals surface area (Å²) in [5.41, 5.74) is 6.92. The number of aromatic nitrogens is 7. The highest BCUT2D eigenvalue weighted by atomic mass is 32.1. The number of thiocarbonyl (C=S) groups is 1. The predicted octanol–water partition coefficient (Wildman–Crippen LogP) is 0.673. The van der Waals surface area contributed by atoms with Crippen molar-refractivity contribution in [2.75, 3.05) is 58.5 Å². The van der Waals surface area contributed by atoms with E-state index in [0.29, 0.717) is 76.2 Å². The Balaban J connectivity index is 1.42. The van der Waals surface area contributed by atoms with Crippen LogP contribution in [0.15, 0.2) is 16.0 Å². The van der Waals surface area contributed by atoms with Gasteiger partial charge < -0.3 is 29.7 Å². The van der Waals surface area contributed by atoms with Crippen LogP contribution < -0.4 is 16.2 Å². The third-order valence-corrected chi connectivity index (χ3v) is 5.02. The average Bonchev–Trinajstić information content (AvgIpc) is 3.44. The van der Waals surface area contributed by atoms with Crippen LogP contribution in [-0.2, 0) is 27.3 Å². The first-order valence-corrected chi connectivity index (χ1v) is 12.1. The quantitative estimate of drug-likeness (QED) is 0.137. The van der Waals surface area contributed by atoms with Crippen LogP contribution in [0.1, 0.15) is 25.5 Å². The van der Waals surface area contributed by atoms with Crippen molar-refractivity contribution in [3.05, 3.63) is 22.4 Å². The highest BCUT2D eigenvalue weighted by molar-refractivity contribution is 7.78. The van der Waals surface area contributed by atoms with Gasteiger partial charge in [0.25, 0.3) is 0 Å². The molecule has 15 heteroatoms. The molecular formula is C21H31N9O5S. The molecule has 36 heavy (non-hydrogen) atoms. The summed E-state index contributed by atoms with van der Waals surface area (Å²) in [5.74, 6) is 0.149. The number of hydrogen-bond acceptors (Lipinski definition) is 12. The van der Waals surface area contributed by atoms with E-state index in [1.807, 2.05) is 0 Å². The van der Waals surface area contributed by atoms with Gasteiger partial charge in [0, 0.05) is 0 Å². The van der Waals surface area contributed by atoms with E-state index < -0.39 is 0 Å². The molecule has 0 fully saturated rings. The molecule has 0 unspecified atom stereocenters. The van der Waals surface area contributed by atoms with Crippen molar-refractivity contribution in [3.63, 3.8) is 0 Å². The van der Waals surface area contributed by atoms with Crippen LogP contribution in [0.2, 0.25) is 0 Å². The molecule has 0 aliphatic carbocycles. The molecule has 3 aromatic rings. The second kappa shape index (κ2) is 15.0. The van der Waals surface area contributed by atoms with E-state index in [1.165, 1.54) is 4.57 Å². The molecule has 196 valence electrons. The molecule has 0 bridgehead atoms. The zero-order valence-electron chi connectivity index (χ0n) is 20.2. The number of aromatic amines is 1. The van der Waals surface area contributed by atoms with E-state index in [2.05, 4.69) is 54.6 Å². The number of hydrogen-bond donors (Lipinski definition) is 2. The lowest BCUT2D eigenvalue weighted by molar-refractivity contribution is 0.0141. The fourth-order valence-electron chi connectivity index (χ4n) is 3.09. The molecule has 3 aromatic heterocycles. The van der Waals surface area contributed by atoms with Crippen LogP contribution in [-0.4, -0.2) is 92.5 Å². The molecule has 0 saturated carbocycles. The van der Waals surface area contributed by atoms with Gasteiger partial charge in [0.2, 0.25) is 0 Å². The zero-order valence-corrected chi connectivity index (χ0v) is 21.0. The van der Waals surface area contributed by atoms with Crippen molar-refractivity contribution in [2.45, 2.75) is 32.9 Å². The number of nitrogens with two attached hydrogens (primary N) is 1. The maximum atomic E-state index is 12.5. The monoisotopic (exact) mass is 521 g/mol. The van der Waals surface area contributed by atoms with Gasteiger partial charge in [-0.1, -0.05) is 18.6 Å². The van der Waals surface area contributed by atoms with Gasteiger partial charge in [-0.25, -0.2) is 14.5 Å². The minimum Gasteiger partial charge on any atom is -0.463 e. The Morgan fingerprint density at radius 2 is 1.86 bits per heavy atom. The summed E-state index contributed by atoms with van der Waals surface area (Å²) < 4.78 is 24.9. The Kier molecular flexibility index (Phi) is 11.4. The Morgan fingerprint density at radius 1 is 1.11 bits per heavy atom. The lowest BCUT2D eigenvalue weighted by Crippen LogP contribution is -2.18. The second-order valence-electron chi connectivity index (χ2n) is 7.59. The predicted molar refractivity (Wildman–Crippen MR) is 134 cm³/mol. The number of imidazole rings is 1. The number of unbranched alkanes of at least 4 members (excludes halogenated alkanes) is 1. The fourth-order valence-corrected chi connectivity index (χ4v) is 3.18. The van der Waals surface area contributed by atoms with Crippen molar-refractivity contribution in [3.8, 4) is 6.01 Å². The Morgan fingerprint density at radius 3 is 2.61 bits per heavy atom. The summed E-state index contributed by atoms with van der Waals surface area (Å²) in [4.78, 5) is 27.4. The number of nitrogens with one attached hydrogen (secondary N) is 1. The number of isothiocyanates is 1. The second-order valence-corrected chi connectivity index (χ2v) is 7.77. The zero-order chi connectivity index (χ0) is 25.6. The average molecular weight is 522 g/mol. The summed E-state index contributed by atoms with van der Waals surface area (Å²) in [6, 6.07) is 0.135. The molecule has 0 radical (unpaired) electrons. The molecule has 3 N–H and O–H groups in total. The van der Waals surface area contributed by atoms with Gasteiger partial charge in [-0.15, -0.1) is 5.10 Å². The van der Waals surface area contributed by atoms with E-state index in [1.54, 1.807) is 10.9 Å². The van der Waals surface area contributed by atoms with Crippen LogP contribution in [0, 0.1) is 0 Å². The van der Waals surface area contributed by atoms with Gasteiger partial charge in [0.15, 0.2) is 11.5 Å². The first kappa shape index (κ1) is 27.4. The number of anilines is 1. The number of fused-ring (bicyclic) bond motifs is 1. The summed E-state index contributed by atoms with van der Waals surface area (Å²) in [5, 5.41) is 10.5. The van der Waals surface area contributed by atoms with Crippen molar-refractivity contribution in [2.24, 2.45) is 4.99 Å². The molecule has 0 aliphatic rings. The number of ether oxygens (including phenoxy) is 4. The smallest absolute Gasteiger partial charge is 0.328 e. The SMILES string of the molecule is CCCCOc1nc(N)c2[nH]c(=O)n(Cc3cn(CCOCCOCCOCCN=C=S)nn3)c2n1. The lowest BCUT2D eigenvalue weighted by Gasteiger charge is -2.06. The largest absolute Gasteiger partial charge is 0.463 e. The number of aliphatic imine (C=N–C) groups is 1. The molecule has 14 nitrogen and oxygen atoms in total. The van der Waals surface area contributed by atoms with Crippen molar-refractivity contribution >= 4 is 34.4 Å². The van der Waals surface area contributed by atoms with Gasteiger partial charge in [-0.3, -0.25) is 4.57 Å². The van der Waals surface area contributed by atoms with E-state index in [0.717, 1.165) is 12.8 Å². The van der Waals surface area contributed by atoms with E-state index in [-0.39, 0.29) is 24.1 Å². The van der Waals surface area contributed by atoms with E-state index in [4.69, 9.17) is 24.7 Å².